The van der Waals surface area contributed by atoms with Crippen molar-refractivity contribution in [2.75, 3.05) is 26.7 Å². The van der Waals surface area contributed by atoms with Crippen molar-refractivity contribution in [1.29, 1.82) is 0 Å². The normalized spacial score (nSPS) is 28.3. The Kier molecular flexibility index (Phi) is 5.30. The number of hydrogen-bond donors (Lipinski definition) is 2. The highest BCUT2D eigenvalue weighted by Gasteiger charge is 2.35. The van der Waals surface area contributed by atoms with E-state index in [-0.39, 0.29) is 5.41 Å². The lowest BCUT2D eigenvalue weighted by molar-refractivity contribution is -0.0835. The lowest BCUT2D eigenvalue weighted by Gasteiger charge is -2.40. The van der Waals surface area contributed by atoms with Crippen molar-refractivity contribution in [2.45, 2.75) is 52.6 Å². The standard InChI is InChI=1S/C16H31N3O/c1-16(2,3)14-13(6-5-9-20-14)11-19-15(17-4)18-10-12-7-8-12/h12-14H,5-11H2,1-4H3,(H2,17,18,19). The zero-order chi connectivity index (χ0) is 14.6. The molecular weight excluding hydrogens is 250 g/mol. The van der Waals surface area contributed by atoms with E-state index >= 15 is 0 Å². The van der Waals surface area contributed by atoms with Crippen LogP contribution < -0.4 is 10.6 Å². The number of aliphatic imine (C=N–C) groups is 1. The molecule has 4 heteroatoms. The molecule has 1 saturated heterocycles. The average molecular weight is 281 g/mol. The Morgan fingerprint density at radius 1 is 1.15 bits per heavy atom. The Morgan fingerprint density at radius 2 is 1.85 bits per heavy atom. The van der Waals surface area contributed by atoms with Gasteiger partial charge in [-0.05, 0) is 37.0 Å². The highest BCUT2D eigenvalue weighted by Crippen LogP contribution is 2.33. The van der Waals surface area contributed by atoms with Crippen molar-refractivity contribution in [3.63, 3.8) is 0 Å². The van der Waals surface area contributed by atoms with Crippen LogP contribution in [-0.4, -0.2) is 38.8 Å². The van der Waals surface area contributed by atoms with Gasteiger partial charge in [-0.1, -0.05) is 20.8 Å². The first kappa shape index (κ1) is 15.6. The molecule has 20 heavy (non-hydrogen) atoms. The SMILES string of the molecule is CN=C(NCC1CC1)NCC1CCCOC1C(C)(C)C. The topological polar surface area (TPSA) is 45.7 Å². The summed E-state index contributed by atoms with van der Waals surface area (Å²) >= 11 is 0. The fraction of sp³-hybridized carbons (Fsp3) is 0.938. The van der Waals surface area contributed by atoms with Crippen LogP contribution in [0.2, 0.25) is 0 Å². The molecule has 2 unspecified atom stereocenters. The second kappa shape index (κ2) is 6.79. The number of nitrogens with zero attached hydrogens (tertiary/aromatic N) is 1. The van der Waals surface area contributed by atoms with E-state index in [0.717, 1.165) is 31.6 Å². The van der Waals surface area contributed by atoms with Crippen LogP contribution in [-0.2, 0) is 4.74 Å². The Morgan fingerprint density at radius 3 is 2.45 bits per heavy atom. The first-order valence-corrected chi connectivity index (χ1v) is 8.07. The number of hydrogen-bond acceptors (Lipinski definition) is 2. The summed E-state index contributed by atoms with van der Waals surface area (Å²) in [6.45, 7) is 9.74. The van der Waals surface area contributed by atoms with Gasteiger partial charge in [-0.15, -0.1) is 0 Å². The fourth-order valence-corrected chi connectivity index (χ4v) is 3.02. The highest BCUT2D eigenvalue weighted by molar-refractivity contribution is 5.79. The summed E-state index contributed by atoms with van der Waals surface area (Å²) in [6.07, 6.45) is 5.49. The van der Waals surface area contributed by atoms with E-state index in [1.807, 2.05) is 7.05 Å². The van der Waals surface area contributed by atoms with Gasteiger partial charge in [-0.25, -0.2) is 0 Å². The van der Waals surface area contributed by atoms with E-state index in [2.05, 4.69) is 36.4 Å². The predicted molar refractivity (Wildman–Crippen MR) is 84.0 cm³/mol. The van der Waals surface area contributed by atoms with Gasteiger partial charge in [0, 0.05) is 32.7 Å². The third-order valence-corrected chi connectivity index (χ3v) is 4.31. The molecule has 0 radical (unpaired) electrons. The Balaban J connectivity index is 1.80. The highest BCUT2D eigenvalue weighted by atomic mass is 16.5. The van der Waals surface area contributed by atoms with Gasteiger partial charge >= 0.3 is 0 Å². The smallest absolute Gasteiger partial charge is 0.190 e. The molecule has 0 bridgehead atoms. The van der Waals surface area contributed by atoms with E-state index in [4.69, 9.17) is 4.74 Å². The fourth-order valence-electron chi connectivity index (χ4n) is 3.02. The largest absolute Gasteiger partial charge is 0.377 e. The van der Waals surface area contributed by atoms with Gasteiger partial charge in [0.2, 0.25) is 0 Å². The van der Waals surface area contributed by atoms with Gasteiger partial charge in [-0.3, -0.25) is 4.99 Å². The van der Waals surface area contributed by atoms with Gasteiger partial charge in [0.1, 0.15) is 0 Å². The molecule has 2 N–H and O–H groups in total. The number of rotatable bonds is 4. The second-order valence-electron chi connectivity index (χ2n) is 7.34. The first-order valence-electron chi connectivity index (χ1n) is 8.07. The van der Waals surface area contributed by atoms with Gasteiger partial charge < -0.3 is 15.4 Å². The molecule has 1 aliphatic carbocycles. The molecule has 0 amide bonds. The van der Waals surface area contributed by atoms with Crippen molar-refractivity contribution in [3.05, 3.63) is 0 Å². The van der Waals surface area contributed by atoms with Gasteiger partial charge in [0.05, 0.1) is 6.10 Å². The Labute approximate surface area is 123 Å². The van der Waals surface area contributed by atoms with Gasteiger partial charge in [0.15, 0.2) is 5.96 Å². The summed E-state index contributed by atoms with van der Waals surface area (Å²) < 4.78 is 6.03. The van der Waals surface area contributed by atoms with E-state index in [0.29, 0.717) is 12.0 Å². The molecule has 1 saturated carbocycles. The molecule has 1 heterocycles. The summed E-state index contributed by atoms with van der Waals surface area (Å²) in [5, 5.41) is 6.91. The molecular formula is C16H31N3O. The van der Waals surface area contributed by atoms with Crippen molar-refractivity contribution >= 4 is 5.96 Å². The third-order valence-electron chi connectivity index (χ3n) is 4.31. The lowest BCUT2D eigenvalue weighted by Crippen LogP contribution is -2.47. The maximum absolute atomic E-state index is 6.03. The molecule has 4 nitrogen and oxygen atoms in total. The predicted octanol–water partition coefficient (Wildman–Crippen LogP) is 2.40. The van der Waals surface area contributed by atoms with Crippen molar-refractivity contribution in [1.82, 2.24) is 10.6 Å². The summed E-state index contributed by atoms with van der Waals surface area (Å²) in [5.74, 6) is 2.38. The van der Waals surface area contributed by atoms with Crippen LogP contribution in [0.3, 0.4) is 0 Å². The van der Waals surface area contributed by atoms with E-state index in [1.54, 1.807) is 0 Å². The quantitative estimate of drug-likeness (QED) is 0.614. The van der Waals surface area contributed by atoms with Crippen LogP contribution in [0.25, 0.3) is 0 Å². The summed E-state index contributed by atoms with van der Waals surface area (Å²) in [7, 11) is 1.85. The maximum atomic E-state index is 6.03. The van der Waals surface area contributed by atoms with Crippen LogP contribution in [0.4, 0.5) is 0 Å². The number of ether oxygens (including phenoxy) is 1. The van der Waals surface area contributed by atoms with Crippen molar-refractivity contribution in [2.24, 2.45) is 22.2 Å². The monoisotopic (exact) mass is 281 g/mol. The molecule has 2 fully saturated rings. The van der Waals surface area contributed by atoms with Crippen LogP contribution >= 0.6 is 0 Å². The molecule has 1 aliphatic heterocycles. The van der Waals surface area contributed by atoms with Crippen molar-refractivity contribution in [3.8, 4) is 0 Å². The molecule has 0 aromatic carbocycles. The van der Waals surface area contributed by atoms with Gasteiger partial charge in [-0.2, -0.15) is 0 Å². The van der Waals surface area contributed by atoms with Crippen LogP contribution in [0, 0.1) is 17.3 Å². The second-order valence-corrected chi connectivity index (χ2v) is 7.34. The minimum atomic E-state index is 0.206. The zero-order valence-electron chi connectivity index (χ0n) is 13.5. The van der Waals surface area contributed by atoms with Crippen LogP contribution in [0.1, 0.15) is 46.5 Å². The molecule has 2 atom stereocenters. The minimum Gasteiger partial charge on any atom is -0.377 e. The molecule has 2 aliphatic rings. The van der Waals surface area contributed by atoms with E-state index < -0.39 is 0 Å². The molecule has 0 spiro atoms. The van der Waals surface area contributed by atoms with Crippen molar-refractivity contribution < 1.29 is 4.74 Å². The number of guanidine groups is 1. The lowest BCUT2D eigenvalue weighted by atomic mass is 9.78. The van der Waals surface area contributed by atoms with E-state index in [1.165, 1.54) is 25.7 Å². The Bertz CT molecular complexity index is 331. The Hall–Kier alpha value is -0.770. The average Bonchev–Trinajstić information content (AvgIpc) is 3.22. The number of nitrogens with one attached hydrogen (secondary N) is 2. The molecule has 116 valence electrons. The molecule has 0 aromatic rings. The van der Waals surface area contributed by atoms with E-state index in [9.17, 15) is 0 Å². The summed E-state index contributed by atoms with van der Waals surface area (Å²) in [4.78, 5) is 4.31. The molecule has 2 rings (SSSR count). The first-order chi connectivity index (χ1) is 9.50. The third kappa shape index (κ3) is 4.65. The maximum Gasteiger partial charge on any atom is 0.190 e. The van der Waals surface area contributed by atoms with Crippen LogP contribution in [0.5, 0.6) is 0 Å². The molecule has 0 aromatic heterocycles. The minimum absolute atomic E-state index is 0.206. The zero-order valence-corrected chi connectivity index (χ0v) is 13.5. The van der Waals surface area contributed by atoms with Crippen LogP contribution in [0.15, 0.2) is 4.99 Å². The summed E-state index contributed by atoms with van der Waals surface area (Å²) in [6, 6.07) is 0. The summed E-state index contributed by atoms with van der Waals surface area (Å²) in [5.41, 5.74) is 0.206. The van der Waals surface area contributed by atoms with Gasteiger partial charge in [0.25, 0.3) is 0 Å².